The molecule has 0 aromatic heterocycles. The molecule has 4 rings (SSSR count). The quantitative estimate of drug-likeness (QED) is 0.540. The molecule has 1 saturated heterocycles. The normalized spacial score (nSPS) is 18.8. The Kier molecular flexibility index (Phi) is 5.54. The van der Waals surface area contributed by atoms with Crippen molar-refractivity contribution in [2.24, 2.45) is 0 Å². The Morgan fingerprint density at radius 1 is 1.00 bits per heavy atom. The maximum atomic E-state index is 13.4. The van der Waals surface area contributed by atoms with E-state index in [0.29, 0.717) is 34.5 Å². The fraction of sp³-hybridized carbons (Fsp3) is 0.227. The van der Waals surface area contributed by atoms with E-state index in [1.807, 2.05) is 55.5 Å². The molecule has 2 aromatic rings. The molecule has 2 aromatic carbocycles. The second-order valence-corrected chi connectivity index (χ2v) is 8.56. The van der Waals surface area contributed by atoms with Crippen LogP contribution < -0.4 is 4.90 Å². The summed E-state index contributed by atoms with van der Waals surface area (Å²) in [6, 6.07) is 15.7. The number of carbonyl (C=O) groups excluding carboxylic acids is 2. The second-order valence-electron chi connectivity index (χ2n) is 6.92. The summed E-state index contributed by atoms with van der Waals surface area (Å²) in [5.74, 6) is -0.397. The molecular formula is C22H20N2O3S2. The fourth-order valence-electron chi connectivity index (χ4n) is 3.46. The first-order valence-corrected chi connectivity index (χ1v) is 10.5. The SMILES string of the molecule is COCCN1C(=O)/C(=C2/C(=O)N(Cc3ccc(C)cc3)c3ccccc32)SC1=S. The zero-order valence-corrected chi connectivity index (χ0v) is 17.8. The largest absolute Gasteiger partial charge is 0.383 e. The van der Waals surface area contributed by atoms with E-state index in [0.717, 1.165) is 16.8 Å². The number of anilines is 1. The molecule has 2 amide bonds. The van der Waals surface area contributed by atoms with Crippen LogP contribution in [0.4, 0.5) is 5.69 Å². The van der Waals surface area contributed by atoms with Crippen molar-refractivity contribution in [3.63, 3.8) is 0 Å². The second kappa shape index (κ2) is 8.10. The predicted octanol–water partition coefficient (Wildman–Crippen LogP) is 3.76. The van der Waals surface area contributed by atoms with Gasteiger partial charge in [0.15, 0.2) is 0 Å². The van der Waals surface area contributed by atoms with E-state index < -0.39 is 0 Å². The highest BCUT2D eigenvalue weighted by molar-refractivity contribution is 8.26. The van der Waals surface area contributed by atoms with E-state index >= 15 is 0 Å². The third-order valence-electron chi connectivity index (χ3n) is 4.98. The average Bonchev–Trinajstić information content (AvgIpc) is 3.15. The van der Waals surface area contributed by atoms with Gasteiger partial charge >= 0.3 is 0 Å². The lowest BCUT2D eigenvalue weighted by Gasteiger charge is -2.17. The lowest BCUT2D eigenvalue weighted by Crippen LogP contribution is -2.32. The lowest BCUT2D eigenvalue weighted by molar-refractivity contribution is -0.123. The standard InChI is InChI=1S/C22H20N2O3S2/c1-14-7-9-15(10-8-14)13-24-17-6-4-3-5-16(17)18(20(24)25)19-21(26)23(11-12-27-2)22(28)29-19/h3-10H,11-13H2,1-2H3/b19-18-. The number of thiocarbonyl (C=S) groups is 1. The van der Waals surface area contributed by atoms with E-state index in [4.69, 9.17) is 17.0 Å². The minimum Gasteiger partial charge on any atom is -0.383 e. The number of nitrogens with zero attached hydrogens (tertiary/aromatic N) is 2. The molecule has 0 aliphatic carbocycles. The molecule has 2 aliphatic heterocycles. The number of thioether (sulfide) groups is 1. The molecule has 0 atom stereocenters. The average molecular weight is 425 g/mol. The van der Waals surface area contributed by atoms with E-state index in [-0.39, 0.29) is 11.8 Å². The van der Waals surface area contributed by atoms with Gasteiger partial charge in [-0.05, 0) is 18.6 Å². The van der Waals surface area contributed by atoms with Gasteiger partial charge in [-0.2, -0.15) is 0 Å². The van der Waals surface area contributed by atoms with Crippen molar-refractivity contribution < 1.29 is 14.3 Å². The summed E-state index contributed by atoms with van der Waals surface area (Å²) in [6.07, 6.45) is 0. The van der Waals surface area contributed by atoms with Gasteiger partial charge in [0.2, 0.25) is 0 Å². The van der Waals surface area contributed by atoms with Crippen LogP contribution in [-0.4, -0.2) is 41.3 Å². The van der Waals surface area contributed by atoms with Crippen molar-refractivity contribution in [3.8, 4) is 0 Å². The molecule has 29 heavy (non-hydrogen) atoms. The third-order valence-corrected chi connectivity index (χ3v) is 6.43. The highest BCUT2D eigenvalue weighted by Gasteiger charge is 2.41. The number of para-hydroxylation sites is 1. The molecule has 0 spiro atoms. The molecule has 0 saturated carbocycles. The number of hydrogen-bond acceptors (Lipinski definition) is 5. The van der Waals surface area contributed by atoms with Crippen molar-refractivity contribution in [2.75, 3.05) is 25.2 Å². The van der Waals surface area contributed by atoms with Gasteiger partial charge < -0.3 is 9.64 Å². The molecule has 5 nitrogen and oxygen atoms in total. The molecule has 7 heteroatoms. The first kappa shape index (κ1) is 19.8. The predicted molar refractivity (Wildman–Crippen MR) is 120 cm³/mol. The summed E-state index contributed by atoms with van der Waals surface area (Å²) < 4.78 is 5.53. The minimum atomic E-state index is -0.229. The van der Waals surface area contributed by atoms with E-state index in [2.05, 4.69) is 0 Å². The molecule has 1 fully saturated rings. The number of hydrogen-bond donors (Lipinski definition) is 0. The lowest BCUT2D eigenvalue weighted by atomic mass is 10.1. The number of rotatable bonds is 5. The van der Waals surface area contributed by atoms with Crippen molar-refractivity contribution in [1.82, 2.24) is 4.90 Å². The van der Waals surface area contributed by atoms with Crippen LogP contribution in [0.5, 0.6) is 0 Å². The Balaban J connectivity index is 1.73. The fourth-order valence-corrected chi connectivity index (χ4v) is 4.84. The minimum absolute atomic E-state index is 0.168. The summed E-state index contributed by atoms with van der Waals surface area (Å²) >= 11 is 6.57. The Bertz CT molecular complexity index is 1030. The van der Waals surface area contributed by atoms with Gasteiger partial charge in [-0.3, -0.25) is 14.5 Å². The van der Waals surface area contributed by atoms with Gasteiger partial charge in [-0.15, -0.1) is 0 Å². The maximum absolute atomic E-state index is 13.4. The number of amides is 2. The molecule has 0 N–H and O–H groups in total. The molecule has 2 heterocycles. The monoisotopic (exact) mass is 424 g/mol. The van der Waals surface area contributed by atoms with E-state index in [1.54, 1.807) is 12.0 Å². The summed E-state index contributed by atoms with van der Waals surface area (Å²) in [4.78, 5) is 30.0. The molecule has 0 bridgehead atoms. The van der Waals surface area contributed by atoms with Gasteiger partial charge in [-0.1, -0.05) is 72.0 Å². The van der Waals surface area contributed by atoms with Crippen LogP contribution in [0.15, 0.2) is 53.4 Å². The zero-order valence-electron chi connectivity index (χ0n) is 16.2. The van der Waals surface area contributed by atoms with Gasteiger partial charge in [0.05, 0.1) is 35.9 Å². The molecule has 0 unspecified atom stereocenters. The Labute approximate surface area is 179 Å². The maximum Gasteiger partial charge on any atom is 0.267 e. The Morgan fingerprint density at radius 2 is 1.72 bits per heavy atom. The summed E-state index contributed by atoms with van der Waals surface area (Å²) in [5, 5.41) is 0. The smallest absolute Gasteiger partial charge is 0.267 e. The zero-order chi connectivity index (χ0) is 20.5. The topological polar surface area (TPSA) is 49.9 Å². The number of ether oxygens (including phenoxy) is 1. The van der Waals surface area contributed by atoms with Crippen LogP contribution in [0.1, 0.15) is 16.7 Å². The van der Waals surface area contributed by atoms with Gasteiger partial charge in [0, 0.05) is 12.7 Å². The van der Waals surface area contributed by atoms with Crippen LogP contribution in [-0.2, 0) is 20.9 Å². The van der Waals surface area contributed by atoms with E-state index in [1.165, 1.54) is 22.2 Å². The summed E-state index contributed by atoms with van der Waals surface area (Å²) in [5.41, 5.74) is 4.23. The number of aryl methyl sites for hydroxylation is 1. The van der Waals surface area contributed by atoms with Crippen LogP contribution >= 0.6 is 24.0 Å². The van der Waals surface area contributed by atoms with Gasteiger partial charge in [0.1, 0.15) is 4.32 Å². The third kappa shape index (κ3) is 3.61. The molecular weight excluding hydrogens is 404 g/mol. The van der Waals surface area contributed by atoms with Crippen molar-refractivity contribution >= 4 is 51.4 Å². The van der Waals surface area contributed by atoms with Crippen molar-refractivity contribution in [2.45, 2.75) is 13.5 Å². The van der Waals surface area contributed by atoms with Crippen LogP contribution in [0.2, 0.25) is 0 Å². The molecule has 148 valence electrons. The van der Waals surface area contributed by atoms with E-state index in [9.17, 15) is 9.59 Å². The number of methoxy groups -OCH3 is 1. The highest BCUT2D eigenvalue weighted by Crippen LogP contribution is 2.44. The highest BCUT2D eigenvalue weighted by atomic mass is 32.2. The van der Waals surface area contributed by atoms with Crippen LogP contribution in [0, 0.1) is 6.92 Å². The summed E-state index contributed by atoms with van der Waals surface area (Å²) in [6.45, 7) is 3.24. The van der Waals surface area contributed by atoms with Crippen LogP contribution in [0.3, 0.4) is 0 Å². The van der Waals surface area contributed by atoms with Gasteiger partial charge in [0.25, 0.3) is 11.8 Å². The number of fused-ring (bicyclic) bond motifs is 1. The first-order valence-electron chi connectivity index (χ1n) is 9.25. The first-order chi connectivity index (χ1) is 14.0. The Morgan fingerprint density at radius 3 is 2.45 bits per heavy atom. The van der Waals surface area contributed by atoms with Gasteiger partial charge in [-0.25, -0.2) is 0 Å². The number of benzene rings is 2. The molecule has 0 radical (unpaired) electrons. The van der Waals surface area contributed by atoms with Crippen LogP contribution in [0.25, 0.3) is 5.57 Å². The van der Waals surface area contributed by atoms with Crippen molar-refractivity contribution in [3.05, 3.63) is 70.1 Å². The van der Waals surface area contributed by atoms with Crippen molar-refractivity contribution in [1.29, 1.82) is 0 Å². The summed E-state index contributed by atoms with van der Waals surface area (Å²) in [7, 11) is 1.58. The number of carbonyl (C=O) groups is 2. The molecule has 2 aliphatic rings. The Hall–Kier alpha value is -2.48.